The maximum Gasteiger partial charge on any atom is 0.234 e. The smallest absolute Gasteiger partial charge is 0.234 e. The summed E-state index contributed by atoms with van der Waals surface area (Å²) in [6, 6.07) is 3.63. The highest BCUT2D eigenvalue weighted by atomic mass is 19.1. The minimum atomic E-state index is -0.509. The summed E-state index contributed by atoms with van der Waals surface area (Å²) in [6.07, 6.45) is 4.61. The Kier molecular flexibility index (Phi) is 4.85. The van der Waals surface area contributed by atoms with Crippen LogP contribution in [0.15, 0.2) is 18.2 Å². The number of halogens is 2. The van der Waals surface area contributed by atoms with Gasteiger partial charge in [-0.15, -0.1) is 0 Å². The molecule has 0 spiro atoms. The van der Waals surface area contributed by atoms with Gasteiger partial charge in [-0.25, -0.2) is 8.78 Å². The van der Waals surface area contributed by atoms with E-state index in [0.29, 0.717) is 6.04 Å². The third-order valence-corrected chi connectivity index (χ3v) is 3.39. The van der Waals surface area contributed by atoms with E-state index in [1.54, 1.807) is 0 Å². The van der Waals surface area contributed by atoms with Crippen molar-refractivity contribution in [1.29, 1.82) is 0 Å². The van der Waals surface area contributed by atoms with E-state index in [4.69, 9.17) is 0 Å². The third kappa shape index (κ3) is 4.28. The topological polar surface area (TPSA) is 41.1 Å². The molecule has 2 N–H and O–H groups in total. The number of carbonyl (C=O) groups is 1. The van der Waals surface area contributed by atoms with Crippen molar-refractivity contribution in [3.63, 3.8) is 0 Å². The van der Waals surface area contributed by atoms with Crippen molar-refractivity contribution in [1.82, 2.24) is 10.6 Å². The van der Waals surface area contributed by atoms with Gasteiger partial charge in [0.2, 0.25) is 5.91 Å². The van der Waals surface area contributed by atoms with Crippen LogP contribution in [0.2, 0.25) is 0 Å². The first kappa shape index (κ1) is 13.9. The average Bonchev–Trinajstić information content (AvgIpc) is 2.90. The van der Waals surface area contributed by atoms with Crippen LogP contribution in [0.1, 0.15) is 31.2 Å². The van der Waals surface area contributed by atoms with Gasteiger partial charge in [-0.2, -0.15) is 0 Å². The van der Waals surface area contributed by atoms with Crippen LogP contribution >= 0.6 is 0 Å². The van der Waals surface area contributed by atoms with Gasteiger partial charge in [0.05, 0.1) is 6.54 Å². The van der Waals surface area contributed by atoms with E-state index in [9.17, 15) is 13.6 Å². The lowest BCUT2D eigenvalue weighted by Gasteiger charge is -2.12. The third-order valence-electron chi connectivity index (χ3n) is 3.39. The Morgan fingerprint density at radius 3 is 2.74 bits per heavy atom. The van der Waals surface area contributed by atoms with Crippen LogP contribution in [-0.2, 0) is 11.3 Å². The Morgan fingerprint density at radius 2 is 2.00 bits per heavy atom. The molecule has 0 radical (unpaired) electrons. The van der Waals surface area contributed by atoms with E-state index in [0.717, 1.165) is 31.0 Å². The Labute approximate surface area is 111 Å². The number of amides is 1. The standard InChI is InChI=1S/C14H18F2N2O/c15-11-5-6-13(16)10(7-11)8-18-14(19)9-17-12-3-1-2-4-12/h5-7,12,17H,1-4,8-9H2,(H,18,19). The molecule has 104 valence electrons. The molecule has 1 aromatic carbocycles. The van der Waals surface area contributed by atoms with Crippen LogP contribution < -0.4 is 10.6 Å². The van der Waals surface area contributed by atoms with E-state index in [1.807, 2.05) is 0 Å². The lowest BCUT2D eigenvalue weighted by molar-refractivity contribution is -0.120. The van der Waals surface area contributed by atoms with Crippen LogP contribution in [0.25, 0.3) is 0 Å². The van der Waals surface area contributed by atoms with Crippen molar-refractivity contribution in [3.8, 4) is 0 Å². The van der Waals surface area contributed by atoms with Gasteiger partial charge in [0, 0.05) is 18.2 Å². The molecule has 0 unspecified atom stereocenters. The average molecular weight is 268 g/mol. The number of nitrogens with one attached hydrogen (secondary N) is 2. The zero-order valence-corrected chi connectivity index (χ0v) is 10.7. The molecule has 0 heterocycles. The molecule has 1 aliphatic carbocycles. The SMILES string of the molecule is O=C(CNC1CCCC1)NCc1cc(F)ccc1F. The van der Waals surface area contributed by atoms with Gasteiger partial charge >= 0.3 is 0 Å². The minimum Gasteiger partial charge on any atom is -0.351 e. The van der Waals surface area contributed by atoms with Crippen molar-refractivity contribution >= 4 is 5.91 Å². The fraction of sp³-hybridized carbons (Fsp3) is 0.500. The maximum absolute atomic E-state index is 13.3. The van der Waals surface area contributed by atoms with Crippen LogP contribution in [0.4, 0.5) is 8.78 Å². The quantitative estimate of drug-likeness (QED) is 0.858. The minimum absolute atomic E-state index is 0.00870. The second-order valence-electron chi connectivity index (χ2n) is 4.87. The van der Waals surface area contributed by atoms with Crippen LogP contribution in [-0.4, -0.2) is 18.5 Å². The van der Waals surface area contributed by atoms with Crippen molar-refractivity contribution in [2.24, 2.45) is 0 Å². The molecule has 0 saturated heterocycles. The fourth-order valence-corrected chi connectivity index (χ4v) is 2.30. The summed E-state index contributed by atoms with van der Waals surface area (Å²) >= 11 is 0. The summed E-state index contributed by atoms with van der Waals surface area (Å²) in [5.74, 6) is -1.21. The predicted octanol–water partition coefficient (Wildman–Crippen LogP) is 2.11. The zero-order valence-electron chi connectivity index (χ0n) is 10.7. The molecule has 19 heavy (non-hydrogen) atoms. The first-order chi connectivity index (χ1) is 9.15. The summed E-state index contributed by atoms with van der Waals surface area (Å²) in [4.78, 5) is 11.6. The first-order valence-corrected chi connectivity index (χ1v) is 6.59. The zero-order chi connectivity index (χ0) is 13.7. The van der Waals surface area contributed by atoms with Crippen molar-refractivity contribution in [3.05, 3.63) is 35.4 Å². The van der Waals surface area contributed by atoms with Gasteiger partial charge in [0.1, 0.15) is 11.6 Å². The molecule has 1 saturated carbocycles. The Hall–Kier alpha value is -1.49. The van der Waals surface area contributed by atoms with Crippen LogP contribution in [0.3, 0.4) is 0 Å². The second-order valence-corrected chi connectivity index (χ2v) is 4.87. The molecule has 1 amide bonds. The van der Waals surface area contributed by atoms with E-state index in [2.05, 4.69) is 10.6 Å². The molecule has 0 bridgehead atoms. The summed E-state index contributed by atoms with van der Waals surface area (Å²) < 4.78 is 26.3. The Morgan fingerprint density at radius 1 is 1.26 bits per heavy atom. The largest absolute Gasteiger partial charge is 0.351 e. The van der Waals surface area contributed by atoms with Gasteiger partial charge < -0.3 is 10.6 Å². The molecule has 0 atom stereocenters. The predicted molar refractivity (Wildman–Crippen MR) is 68.5 cm³/mol. The maximum atomic E-state index is 13.3. The highest BCUT2D eigenvalue weighted by molar-refractivity contribution is 5.78. The number of hydrogen-bond acceptors (Lipinski definition) is 2. The lowest BCUT2D eigenvalue weighted by atomic mass is 10.2. The second kappa shape index (κ2) is 6.61. The normalized spacial score (nSPS) is 15.7. The lowest BCUT2D eigenvalue weighted by Crippen LogP contribution is -2.37. The summed E-state index contributed by atoms with van der Waals surface area (Å²) in [6.45, 7) is 0.233. The molecule has 0 aromatic heterocycles. The van der Waals surface area contributed by atoms with Crippen LogP contribution in [0, 0.1) is 11.6 Å². The molecule has 3 nitrogen and oxygen atoms in total. The molecule has 1 aromatic rings. The number of rotatable bonds is 5. The number of hydrogen-bond donors (Lipinski definition) is 2. The van der Waals surface area contributed by atoms with Gasteiger partial charge in [-0.1, -0.05) is 12.8 Å². The molecular weight excluding hydrogens is 250 g/mol. The molecule has 1 fully saturated rings. The van der Waals surface area contributed by atoms with E-state index in [-0.39, 0.29) is 24.6 Å². The number of benzene rings is 1. The van der Waals surface area contributed by atoms with Gasteiger partial charge in [-0.3, -0.25) is 4.79 Å². The fourth-order valence-electron chi connectivity index (χ4n) is 2.30. The first-order valence-electron chi connectivity index (χ1n) is 6.59. The molecular formula is C14H18F2N2O. The molecule has 2 rings (SSSR count). The summed E-state index contributed by atoms with van der Waals surface area (Å²) in [7, 11) is 0. The summed E-state index contributed by atoms with van der Waals surface area (Å²) in [5.41, 5.74) is 0.161. The number of carbonyl (C=O) groups excluding carboxylic acids is 1. The van der Waals surface area contributed by atoms with Gasteiger partial charge in [-0.05, 0) is 31.0 Å². The highest BCUT2D eigenvalue weighted by Gasteiger charge is 2.15. The molecule has 5 heteroatoms. The van der Waals surface area contributed by atoms with Crippen molar-refractivity contribution < 1.29 is 13.6 Å². The van der Waals surface area contributed by atoms with Crippen molar-refractivity contribution in [2.45, 2.75) is 38.3 Å². The highest BCUT2D eigenvalue weighted by Crippen LogP contribution is 2.17. The Bertz CT molecular complexity index is 445. The van der Waals surface area contributed by atoms with Crippen LogP contribution in [0.5, 0.6) is 0 Å². The molecule has 0 aliphatic heterocycles. The molecule has 1 aliphatic rings. The van der Waals surface area contributed by atoms with Gasteiger partial charge in [0.25, 0.3) is 0 Å². The monoisotopic (exact) mass is 268 g/mol. The van der Waals surface area contributed by atoms with Gasteiger partial charge in [0.15, 0.2) is 0 Å². The van der Waals surface area contributed by atoms with E-state index in [1.165, 1.54) is 12.8 Å². The van der Waals surface area contributed by atoms with E-state index < -0.39 is 11.6 Å². The van der Waals surface area contributed by atoms with E-state index >= 15 is 0 Å². The van der Waals surface area contributed by atoms with Crippen molar-refractivity contribution in [2.75, 3.05) is 6.54 Å². The Balaban J connectivity index is 1.74. The summed E-state index contributed by atoms with van der Waals surface area (Å²) in [5, 5.41) is 5.75.